The van der Waals surface area contributed by atoms with Gasteiger partial charge in [-0.1, -0.05) is 30.3 Å². The van der Waals surface area contributed by atoms with E-state index < -0.39 is 0 Å². The lowest BCUT2D eigenvalue weighted by atomic mass is 10.0. The number of aliphatic hydroxyl groups excluding tert-OH is 1. The molecule has 3 aromatic rings. The fraction of sp³-hybridized carbons (Fsp3) is 0.375. The third-order valence-electron chi connectivity index (χ3n) is 5.62. The summed E-state index contributed by atoms with van der Waals surface area (Å²) in [5.74, 6) is 0.771. The quantitative estimate of drug-likeness (QED) is 0.622. The number of pyridine rings is 1. The van der Waals surface area contributed by atoms with Gasteiger partial charge in [-0.15, -0.1) is 0 Å². The Morgan fingerprint density at radius 2 is 2.03 bits per heavy atom. The number of anilines is 1. The van der Waals surface area contributed by atoms with E-state index in [4.69, 9.17) is 4.98 Å². The van der Waals surface area contributed by atoms with Gasteiger partial charge in [0.2, 0.25) is 0 Å². The summed E-state index contributed by atoms with van der Waals surface area (Å²) in [6.07, 6.45) is 2.39. The molecule has 1 aliphatic heterocycles. The van der Waals surface area contributed by atoms with E-state index in [1.165, 1.54) is 12.1 Å². The molecule has 0 amide bonds. The molecule has 1 fully saturated rings. The second-order valence-corrected chi connectivity index (χ2v) is 7.91. The Balaban J connectivity index is 1.53. The lowest BCUT2D eigenvalue weighted by Crippen LogP contribution is -2.39. The lowest BCUT2D eigenvalue weighted by Gasteiger charge is -2.32. The molecule has 152 valence electrons. The first-order chi connectivity index (χ1) is 14.1. The third kappa shape index (κ3) is 4.74. The molecule has 1 saturated heterocycles. The predicted octanol–water partition coefficient (Wildman–Crippen LogP) is 3.98. The van der Waals surface area contributed by atoms with Crippen molar-refractivity contribution in [1.29, 1.82) is 0 Å². The maximum Gasteiger partial charge on any atom is 0.133 e. The van der Waals surface area contributed by atoms with Gasteiger partial charge in [-0.2, -0.15) is 0 Å². The van der Waals surface area contributed by atoms with Gasteiger partial charge in [0.05, 0.1) is 11.6 Å². The molecule has 0 saturated carbocycles. The molecule has 1 aromatic heterocycles. The van der Waals surface area contributed by atoms with Gasteiger partial charge in [-0.25, -0.2) is 9.37 Å². The second kappa shape index (κ2) is 8.89. The van der Waals surface area contributed by atoms with Gasteiger partial charge in [-0.05, 0) is 62.1 Å². The average molecular weight is 394 g/mol. The molecule has 0 spiro atoms. The van der Waals surface area contributed by atoms with Crippen LogP contribution >= 0.6 is 0 Å². The monoisotopic (exact) mass is 393 g/mol. The van der Waals surface area contributed by atoms with Gasteiger partial charge in [0, 0.05) is 30.6 Å². The molecule has 1 aliphatic rings. The fourth-order valence-electron chi connectivity index (χ4n) is 4.04. The SMILES string of the molecule is Cc1cccc2cc(CNCCc3ccc(F)cc3)c(N3CCCC(O)C3)nc12. The summed E-state index contributed by atoms with van der Waals surface area (Å²) in [4.78, 5) is 7.23. The Bertz CT molecular complexity index is 974. The zero-order valence-corrected chi connectivity index (χ0v) is 16.9. The molecular formula is C24H28FN3O. The summed E-state index contributed by atoms with van der Waals surface area (Å²) in [5.41, 5.74) is 4.46. The highest BCUT2D eigenvalue weighted by molar-refractivity contribution is 5.84. The van der Waals surface area contributed by atoms with E-state index in [0.29, 0.717) is 13.1 Å². The van der Waals surface area contributed by atoms with E-state index in [1.54, 1.807) is 0 Å². The number of halogens is 1. The molecule has 1 atom stereocenters. The molecule has 2 N–H and O–H groups in total. The highest BCUT2D eigenvalue weighted by Gasteiger charge is 2.22. The molecule has 0 radical (unpaired) electrons. The maximum atomic E-state index is 13.1. The number of para-hydroxylation sites is 1. The standard InChI is InChI=1S/C24H28FN3O/c1-17-4-2-5-19-14-20(15-26-12-11-18-7-9-21(25)10-8-18)24(27-23(17)19)28-13-3-6-22(29)16-28/h2,4-5,7-10,14,22,26,29H,3,6,11-13,15-16H2,1H3. The van der Waals surface area contributed by atoms with Crippen LogP contribution in [0.15, 0.2) is 48.5 Å². The molecule has 0 aliphatic carbocycles. The van der Waals surface area contributed by atoms with Crippen LogP contribution in [0, 0.1) is 12.7 Å². The van der Waals surface area contributed by atoms with Gasteiger partial charge in [0.1, 0.15) is 11.6 Å². The van der Waals surface area contributed by atoms with Gasteiger partial charge in [0.25, 0.3) is 0 Å². The summed E-state index contributed by atoms with van der Waals surface area (Å²) in [6, 6.07) is 15.1. The van der Waals surface area contributed by atoms with E-state index >= 15 is 0 Å². The van der Waals surface area contributed by atoms with Crippen LogP contribution in [0.5, 0.6) is 0 Å². The Morgan fingerprint density at radius 1 is 1.21 bits per heavy atom. The van der Waals surface area contributed by atoms with E-state index in [2.05, 4.69) is 41.4 Å². The summed E-state index contributed by atoms with van der Waals surface area (Å²) >= 11 is 0. The molecular weight excluding hydrogens is 365 g/mol. The first-order valence-electron chi connectivity index (χ1n) is 10.4. The number of aryl methyl sites for hydroxylation is 1. The molecule has 2 heterocycles. The molecule has 0 bridgehead atoms. The van der Waals surface area contributed by atoms with Crippen molar-refractivity contribution in [3.05, 3.63) is 71.0 Å². The fourth-order valence-corrected chi connectivity index (χ4v) is 4.04. The average Bonchev–Trinajstić information content (AvgIpc) is 2.72. The van der Waals surface area contributed by atoms with Crippen LogP contribution in [0.3, 0.4) is 0 Å². The van der Waals surface area contributed by atoms with Crippen molar-refractivity contribution in [2.75, 3.05) is 24.5 Å². The van der Waals surface area contributed by atoms with Crippen LogP contribution in [0.1, 0.15) is 29.5 Å². The zero-order valence-electron chi connectivity index (χ0n) is 16.9. The minimum absolute atomic E-state index is 0.201. The van der Waals surface area contributed by atoms with Crippen molar-refractivity contribution in [3.63, 3.8) is 0 Å². The van der Waals surface area contributed by atoms with Crippen molar-refractivity contribution in [2.45, 2.75) is 38.8 Å². The number of aromatic nitrogens is 1. The topological polar surface area (TPSA) is 48.4 Å². The molecule has 4 rings (SSSR count). The zero-order chi connectivity index (χ0) is 20.2. The molecule has 2 aromatic carbocycles. The Labute approximate surface area is 171 Å². The number of piperidine rings is 1. The number of hydrogen-bond acceptors (Lipinski definition) is 4. The van der Waals surface area contributed by atoms with Crippen molar-refractivity contribution in [1.82, 2.24) is 10.3 Å². The maximum absolute atomic E-state index is 13.1. The van der Waals surface area contributed by atoms with Crippen molar-refractivity contribution in [3.8, 4) is 0 Å². The normalized spacial score (nSPS) is 17.1. The molecule has 29 heavy (non-hydrogen) atoms. The van der Waals surface area contributed by atoms with E-state index in [1.807, 2.05) is 12.1 Å². The number of β-amino-alcohol motifs (C(OH)–C–C–N with tert-alkyl or cyclic N) is 1. The highest BCUT2D eigenvalue weighted by Crippen LogP contribution is 2.27. The summed E-state index contributed by atoms with van der Waals surface area (Å²) in [7, 11) is 0. The largest absolute Gasteiger partial charge is 0.391 e. The Kier molecular flexibility index (Phi) is 6.07. The first-order valence-corrected chi connectivity index (χ1v) is 10.4. The Morgan fingerprint density at radius 3 is 2.83 bits per heavy atom. The number of aliphatic hydroxyl groups is 1. The van der Waals surface area contributed by atoms with Crippen molar-refractivity contribution < 1.29 is 9.50 Å². The van der Waals surface area contributed by atoms with Gasteiger partial charge in [0.15, 0.2) is 0 Å². The number of hydrogen-bond donors (Lipinski definition) is 2. The van der Waals surface area contributed by atoms with Crippen LogP contribution in [0.25, 0.3) is 10.9 Å². The van der Waals surface area contributed by atoms with Crippen LogP contribution in [0.4, 0.5) is 10.2 Å². The molecule has 1 unspecified atom stereocenters. The Hall–Kier alpha value is -2.50. The predicted molar refractivity (Wildman–Crippen MR) is 116 cm³/mol. The van der Waals surface area contributed by atoms with Crippen LogP contribution < -0.4 is 10.2 Å². The smallest absolute Gasteiger partial charge is 0.133 e. The van der Waals surface area contributed by atoms with Gasteiger partial charge < -0.3 is 15.3 Å². The van der Waals surface area contributed by atoms with Crippen LogP contribution in [-0.4, -0.2) is 35.8 Å². The van der Waals surface area contributed by atoms with Crippen LogP contribution in [0.2, 0.25) is 0 Å². The second-order valence-electron chi connectivity index (χ2n) is 7.91. The number of benzene rings is 2. The first kappa shape index (κ1) is 19.8. The lowest BCUT2D eigenvalue weighted by molar-refractivity contribution is 0.154. The highest BCUT2D eigenvalue weighted by atomic mass is 19.1. The number of fused-ring (bicyclic) bond motifs is 1. The van der Waals surface area contributed by atoms with Gasteiger partial charge >= 0.3 is 0 Å². The molecule has 4 nitrogen and oxygen atoms in total. The van der Waals surface area contributed by atoms with E-state index in [-0.39, 0.29) is 11.9 Å². The minimum Gasteiger partial charge on any atom is -0.391 e. The number of nitrogens with zero attached hydrogens (tertiary/aromatic N) is 2. The summed E-state index contributed by atoms with van der Waals surface area (Å²) in [6.45, 7) is 5.15. The summed E-state index contributed by atoms with van der Waals surface area (Å²) < 4.78 is 13.1. The van der Waals surface area contributed by atoms with Crippen LogP contribution in [-0.2, 0) is 13.0 Å². The molecule has 5 heteroatoms. The summed E-state index contributed by atoms with van der Waals surface area (Å²) in [5, 5.41) is 14.8. The third-order valence-corrected chi connectivity index (χ3v) is 5.62. The van der Waals surface area contributed by atoms with Crippen molar-refractivity contribution in [2.24, 2.45) is 0 Å². The van der Waals surface area contributed by atoms with Gasteiger partial charge in [-0.3, -0.25) is 0 Å². The minimum atomic E-state index is -0.294. The number of nitrogens with one attached hydrogen (secondary N) is 1. The number of rotatable bonds is 6. The van der Waals surface area contributed by atoms with E-state index in [9.17, 15) is 9.50 Å². The van der Waals surface area contributed by atoms with E-state index in [0.717, 1.165) is 65.8 Å². The van der Waals surface area contributed by atoms with Crippen molar-refractivity contribution >= 4 is 16.7 Å².